The molecule has 0 saturated carbocycles. The van der Waals surface area contributed by atoms with E-state index in [1.54, 1.807) is 0 Å². The first kappa shape index (κ1) is 15.5. The van der Waals surface area contributed by atoms with Crippen LogP contribution in [-0.2, 0) is 23.0 Å². The van der Waals surface area contributed by atoms with Crippen LogP contribution in [0.15, 0.2) is 30.3 Å². The Morgan fingerprint density at radius 3 is 2.43 bits per heavy atom. The first-order chi connectivity index (χ1) is 9.77. The molecule has 0 amide bonds. The number of rotatable bonds is 3. The van der Waals surface area contributed by atoms with E-state index in [0.29, 0.717) is 6.07 Å². The van der Waals surface area contributed by atoms with E-state index in [1.165, 1.54) is 18.2 Å². The summed E-state index contributed by atoms with van der Waals surface area (Å²) >= 11 is -2.66. The highest BCUT2D eigenvalue weighted by Crippen LogP contribution is 2.31. The first-order valence-electron chi connectivity index (χ1n) is 5.53. The second-order valence-electron chi connectivity index (χ2n) is 3.98. The molecule has 0 aliphatic carbocycles. The van der Waals surface area contributed by atoms with Gasteiger partial charge in [-0.1, -0.05) is 12.1 Å². The quantitative estimate of drug-likeness (QED) is 0.644. The molecule has 0 bridgehead atoms. The fraction of sp³-hybridized carbons (Fsp3) is 0.167. The predicted octanol–water partition coefficient (Wildman–Crippen LogP) is 2.68. The first-order valence-corrected chi connectivity index (χ1v) is 6.77. The molecule has 2 rings (SSSR count). The van der Waals surface area contributed by atoms with E-state index in [-0.39, 0.29) is 11.3 Å². The average Bonchev–Trinajstić information content (AvgIpc) is 2.37. The summed E-state index contributed by atoms with van der Waals surface area (Å²) in [5, 5.41) is 0. The van der Waals surface area contributed by atoms with Gasteiger partial charge in [0.1, 0.15) is 17.3 Å². The third-order valence-corrected chi connectivity index (χ3v) is 2.95. The summed E-state index contributed by atoms with van der Waals surface area (Å²) in [5.41, 5.74) is -1.81. The zero-order valence-electron chi connectivity index (χ0n) is 10.2. The average molecular weight is 319 g/mol. The van der Waals surface area contributed by atoms with Crippen LogP contribution in [0.5, 0.6) is 0 Å². The molecule has 112 valence electrons. The molecule has 2 aromatic rings. The van der Waals surface area contributed by atoms with E-state index in [4.69, 9.17) is 0 Å². The molecular formula is C12H7F4N2O2S-. The van der Waals surface area contributed by atoms with Crippen molar-refractivity contribution in [3.8, 4) is 11.3 Å². The molecule has 1 heterocycles. The van der Waals surface area contributed by atoms with Gasteiger partial charge in [0.15, 0.2) is 0 Å². The number of alkyl halides is 3. The molecule has 0 radical (unpaired) electrons. The smallest absolute Gasteiger partial charge is 0.433 e. The number of hydrogen-bond donors (Lipinski definition) is 0. The van der Waals surface area contributed by atoms with Gasteiger partial charge in [0.05, 0.1) is 11.4 Å². The summed E-state index contributed by atoms with van der Waals surface area (Å²) in [4.78, 5) is 6.82. The topological polar surface area (TPSA) is 65.9 Å². The van der Waals surface area contributed by atoms with Crippen molar-refractivity contribution < 1.29 is 26.3 Å². The van der Waals surface area contributed by atoms with Crippen LogP contribution in [0.2, 0.25) is 0 Å². The molecule has 9 heteroatoms. The SMILES string of the molecule is O=S([O-])Cc1nc(-c2ccccc2F)cc(C(F)(F)F)n1. The lowest BCUT2D eigenvalue weighted by Gasteiger charge is -2.12. The molecule has 1 aromatic carbocycles. The highest BCUT2D eigenvalue weighted by Gasteiger charge is 2.34. The van der Waals surface area contributed by atoms with Crippen LogP contribution >= 0.6 is 0 Å². The van der Waals surface area contributed by atoms with Crippen LogP contribution in [0.1, 0.15) is 11.5 Å². The fourth-order valence-electron chi connectivity index (χ4n) is 1.62. The molecule has 0 fully saturated rings. The number of hydrogen-bond acceptors (Lipinski definition) is 4. The van der Waals surface area contributed by atoms with Crippen LogP contribution in [0.25, 0.3) is 11.3 Å². The summed E-state index contributed by atoms with van der Waals surface area (Å²) in [6, 6.07) is 5.69. The van der Waals surface area contributed by atoms with Gasteiger partial charge in [-0.15, -0.1) is 0 Å². The molecule has 1 atom stereocenters. The Morgan fingerprint density at radius 2 is 1.86 bits per heavy atom. The van der Waals surface area contributed by atoms with Gasteiger partial charge in [0.2, 0.25) is 0 Å². The van der Waals surface area contributed by atoms with Crippen molar-refractivity contribution in [2.75, 3.05) is 0 Å². The van der Waals surface area contributed by atoms with Crippen LogP contribution in [-0.4, -0.2) is 18.7 Å². The molecule has 0 aliphatic rings. The van der Waals surface area contributed by atoms with Crippen molar-refractivity contribution >= 4 is 11.1 Å². The lowest BCUT2D eigenvalue weighted by atomic mass is 10.1. The maximum atomic E-state index is 13.6. The Balaban J connectivity index is 2.60. The van der Waals surface area contributed by atoms with Crippen molar-refractivity contribution in [3.63, 3.8) is 0 Å². The molecule has 0 saturated heterocycles. The van der Waals surface area contributed by atoms with Gasteiger partial charge in [0, 0.05) is 5.56 Å². The summed E-state index contributed by atoms with van der Waals surface area (Å²) in [7, 11) is 0. The maximum Gasteiger partial charge on any atom is 0.433 e. The van der Waals surface area contributed by atoms with E-state index < -0.39 is 40.3 Å². The predicted molar refractivity (Wildman–Crippen MR) is 65.1 cm³/mol. The number of benzene rings is 1. The zero-order valence-corrected chi connectivity index (χ0v) is 11.0. The van der Waals surface area contributed by atoms with Gasteiger partial charge < -0.3 is 4.55 Å². The van der Waals surface area contributed by atoms with Gasteiger partial charge in [-0.05, 0) is 29.3 Å². The van der Waals surface area contributed by atoms with E-state index in [2.05, 4.69) is 9.97 Å². The van der Waals surface area contributed by atoms with Crippen LogP contribution in [0.3, 0.4) is 0 Å². The molecule has 4 nitrogen and oxygen atoms in total. The Labute approximate surface area is 119 Å². The number of aromatic nitrogens is 2. The third-order valence-electron chi connectivity index (χ3n) is 2.46. The lowest BCUT2D eigenvalue weighted by molar-refractivity contribution is -0.141. The monoisotopic (exact) mass is 319 g/mol. The normalized spacial score (nSPS) is 13.2. The Bertz CT molecular complexity index is 691. The van der Waals surface area contributed by atoms with Crippen LogP contribution < -0.4 is 0 Å². The van der Waals surface area contributed by atoms with Crippen molar-refractivity contribution in [2.24, 2.45) is 0 Å². The van der Waals surface area contributed by atoms with Gasteiger partial charge in [-0.25, -0.2) is 14.4 Å². The van der Waals surface area contributed by atoms with E-state index in [9.17, 15) is 26.3 Å². The van der Waals surface area contributed by atoms with Gasteiger partial charge in [-0.3, -0.25) is 4.21 Å². The molecule has 0 spiro atoms. The summed E-state index contributed by atoms with van der Waals surface area (Å²) in [5.74, 6) is -2.10. The van der Waals surface area contributed by atoms with Gasteiger partial charge in [0.25, 0.3) is 0 Å². The molecule has 21 heavy (non-hydrogen) atoms. The second-order valence-corrected chi connectivity index (χ2v) is 4.88. The highest BCUT2D eigenvalue weighted by atomic mass is 32.2. The largest absolute Gasteiger partial charge is 0.772 e. The zero-order chi connectivity index (χ0) is 15.6. The van der Waals surface area contributed by atoms with Crippen molar-refractivity contribution in [1.29, 1.82) is 0 Å². The van der Waals surface area contributed by atoms with Crippen LogP contribution in [0.4, 0.5) is 17.6 Å². The van der Waals surface area contributed by atoms with E-state index in [1.807, 2.05) is 0 Å². The van der Waals surface area contributed by atoms with E-state index in [0.717, 1.165) is 6.07 Å². The fourth-order valence-corrected chi connectivity index (χ4v) is 1.96. The summed E-state index contributed by atoms with van der Waals surface area (Å²) in [6.45, 7) is 0. The Kier molecular flexibility index (Phi) is 4.33. The second kappa shape index (κ2) is 5.86. The number of halogens is 4. The standard InChI is InChI=1S/C12H8F4N2O2S/c13-8-4-2-1-3-7(8)9-5-10(12(14,15)16)18-11(17-9)6-21(19)20/h1-5H,6H2,(H,19,20)/p-1. The van der Waals surface area contributed by atoms with Crippen molar-refractivity contribution in [1.82, 2.24) is 9.97 Å². The number of nitrogens with zero attached hydrogens (tertiary/aromatic N) is 2. The lowest BCUT2D eigenvalue weighted by Crippen LogP contribution is -2.13. The molecular weight excluding hydrogens is 312 g/mol. The minimum absolute atomic E-state index is 0.164. The highest BCUT2D eigenvalue weighted by molar-refractivity contribution is 7.78. The molecule has 1 unspecified atom stereocenters. The minimum atomic E-state index is -4.79. The molecule has 0 aliphatic heterocycles. The molecule has 0 N–H and O–H groups in total. The van der Waals surface area contributed by atoms with E-state index >= 15 is 0 Å². The summed E-state index contributed by atoms with van der Waals surface area (Å²) in [6.07, 6.45) is -4.79. The van der Waals surface area contributed by atoms with Gasteiger partial charge >= 0.3 is 6.18 Å². The van der Waals surface area contributed by atoms with Crippen LogP contribution in [0, 0.1) is 5.82 Å². The summed E-state index contributed by atoms with van der Waals surface area (Å²) < 4.78 is 73.1. The maximum absolute atomic E-state index is 13.6. The third kappa shape index (κ3) is 3.82. The Hall–Kier alpha value is -1.87. The van der Waals surface area contributed by atoms with Crippen molar-refractivity contribution in [3.05, 3.63) is 47.7 Å². The van der Waals surface area contributed by atoms with Crippen molar-refractivity contribution in [2.45, 2.75) is 11.9 Å². The Morgan fingerprint density at radius 1 is 1.19 bits per heavy atom. The van der Waals surface area contributed by atoms with Gasteiger partial charge in [-0.2, -0.15) is 13.2 Å². The molecule has 1 aromatic heterocycles. The minimum Gasteiger partial charge on any atom is -0.772 e.